The molecule has 1 aliphatic rings. The zero-order valence-corrected chi connectivity index (χ0v) is 26.1. The summed E-state index contributed by atoms with van der Waals surface area (Å²) in [6.07, 6.45) is 0.339. The third-order valence-electron chi connectivity index (χ3n) is 7.12. The standard InChI is InChI=1S/C34H42N4O6/c1-23-8-6-7-9-27(23)36-33(41)37-28-15-10-24(20-30(28)42-5)21-31(39)35-26-13-11-25(12-14-26)29(38-16-18-43-19-17-38)22-32(40)44-34(2,3)4/h6-15,20,29H,16-19,21-22H2,1-5H3,(H,35,39)(H2,36,37,41). The summed E-state index contributed by atoms with van der Waals surface area (Å²) in [6.45, 7) is 10.2. The number of rotatable bonds is 10. The first-order valence-corrected chi connectivity index (χ1v) is 14.7. The van der Waals surface area contributed by atoms with E-state index in [1.807, 2.05) is 76.2 Å². The van der Waals surface area contributed by atoms with Crippen molar-refractivity contribution in [3.8, 4) is 5.75 Å². The minimum atomic E-state index is -0.558. The van der Waals surface area contributed by atoms with Crippen LogP contribution in [0.1, 0.15) is 49.9 Å². The van der Waals surface area contributed by atoms with Crippen molar-refractivity contribution in [3.63, 3.8) is 0 Å². The average Bonchev–Trinajstić information content (AvgIpc) is 2.98. The second-order valence-electron chi connectivity index (χ2n) is 11.7. The lowest BCUT2D eigenvalue weighted by molar-refractivity contribution is -0.156. The van der Waals surface area contributed by atoms with Gasteiger partial charge in [0.25, 0.3) is 0 Å². The molecule has 10 heteroatoms. The van der Waals surface area contributed by atoms with E-state index in [-0.39, 0.29) is 30.8 Å². The normalized spacial score (nSPS) is 14.3. The maximum atomic E-state index is 12.9. The van der Waals surface area contributed by atoms with E-state index in [9.17, 15) is 14.4 Å². The SMILES string of the molecule is COc1cc(CC(=O)Nc2ccc(C(CC(=O)OC(C)(C)C)N3CCOCC3)cc2)ccc1NC(=O)Nc1ccccc1C. The molecule has 0 saturated carbocycles. The van der Waals surface area contributed by atoms with Crippen molar-refractivity contribution >= 4 is 35.0 Å². The number of nitrogens with zero attached hydrogens (tertiary/aromatic N) is 1. The first-order chi connectivity index (χ1) is 21.0. The second kappa shape index (κ2) is 14.9. The number of esters is 1. The van der Waals surface area contributed by atoms with Crippen molar-refractivity contribution in [2.75, 3.05) is 49.4 Å². The van der Waals surface area contributed by atoms with Gasteiger partial charge in [0.15, 0.2) is 0 Å². The number of urea groups is 1. The van der Waals surface area contributed by atoms with E-state index in [0.29, 0.717) is 36.0 Å². The number of hydrogen-bond acceptors (Lipinski definition) is 7. The Hall–Kier alpha value is -4.41. The highest BCUT2D eigenvalue weighted by Gasteiger charge is 2.27. The lowest BCUT2D eigenvalue weighted by Gasteiger charge is -2.35. The molecule has 0 aromatic heterocycles. The minimum Gasteiger partial charge on any atom is -0.495 e. The van der Waals surface area contributed by atoms with Crippen LogP contribution in [0.3, 0.4) is 0 Å². The molecule has 1 unspecified atom stereocenters. The second-order valence-corrected chi connectivity index (χ2v) is 11.7. The highest BCUT2D eigenvalue weighted by atomic mass is 16.6. The van der Waals surface area contributed by atoms with Gasteiger partial charge >= 0.3 is 12.0 Å². The summed E-state index contributed by atoms with van der Waals surface area (Å²) in [5.41, 5.74) is 3.93. The fourth-order valence-electron chi connectivity index (χ4n) is 5.01. The number of anilines is 3. The first-order valence-electron chi connectivity index (χ1n) is 14.7. The highest BCUT2D eigenvalue weighted by Crippen LogP contribution is 2.29. The van der Waals surface area contributed by atoms with Gasteiger partial charge in [-0.1, -0.05) is 36.4 Å². The summed E-state index contributed by atoms with van der Waals surface area (Å²) in [6, 6.07) is 19.7. The zero-order chi connectivity index (χ0) is 31.7. The van der Waals surface area contributed by atoms with Gasteiger partial charge in [0.05, 0.1) is 38.9 Å². The number of amides is 3. The highest BCUT2D eigenvalue weighted by molar-refractivity contribution is 6.01. The van der Waals surface area contributed by atoms with E-state index in [1.54, 1.807) is 18.2 Å². The Morgan fingerprint density at radius 2 is 1.59 bits per heavy atom. The van der Waals surface area contributed by atoms with Crippen LogP contribution in [0, 0.1) is 6.92 Å². The van der Waals surface area contributed by atoms with E-state index in [1.165, 1.54) is 7.11 Å². The molecule has 3 aromatic carbocycles. The molecule has 0 bridgehead atoms. The molecule has 1 saturated heterocycles. The molecule has 3 aromatic rings. The van der Waals surface area contributed by atoms with Crippen molar-refractivity contribution in [1.82, 2.24) is 4.90 Å². The quantitative estimate of drug-likeness (QED) is 0.246. The molecule has 1 aliphatic heterocycles. The summed E-state index contributed by atoms with van der Waals surface area (Å²) >= 11 is 0. The van der Waals surface area contributed by atoms with Crippen molar-refractivity contribution in [2.45, 2.75) is 52.2 Å². The molecule has 44 heavy (non-hydrogen) atoms. The van der Waals surface area contributed by atoms with E-state index in [0.717, 1.165) is 29.8 Å². The van der Waals surface area contributed by atoms with Crippen LogP contribution in [-0.2, 0) is 25.5 Å². The number of benzene rings is 3. The third kappa shape index (κ3) is 9.55. The number of carbonyl (C=O) groups excluding carboxylic acids is 3. The maximum Gasteiger partial charge on any atom is 0.323 e. The fraction of sp³-hybridized carbons (Fsp3) is 0.382. The summed E-state index contributed by atoms with van der Waals surface area (Å²) in [5.74, 6) is -0.00930. The third-order valence-corrected chi connectivity index (χ3v) is 7.12. The number of nitrogens with one attached hydrogen (secondary N) is 3. The summed E-state index contributed by atoms with van der Waals surface area (Å²) in [4.78, 5) is 40.4. The van der Waals surface area contributed by atoms with Gasteiger partial charge in [-0.05, 0) is 74.7 Å². The van der Waals surface area contributed by atoms with Crippen LogP contribution in [0.2, 0.25) is 0 Å². The van der Waals surface area contributed by atoms with Gasteiger partial charge in [0.2, 0.25) is 5.91 Å². The van der Waals surface area contributed by atoms with Crippen LogP contribution in [0.15, 0.2) is 66.7 Å². The van der Waals surface area contributed by atoms with Gasteiger partial charge in [-0.15, -0.1) is 0 Å². The Morgan fingerprint density at radius 1 is 0.909 bits per heavy atom. The maximum absolute atomic E-state index is 12.9. The topological polar surface area (TPSA) is 118 Å². The molecule has 1 heterocycles. The first kappa shape index (κ1) is 32.5. The molecule has 0 radical (unpaired) electrons. The molecule has 3 N–H and O–H groups in total. The summed E-state index contributed by atoms with van der Waals surface area (Å²) in [5, 5.41) is 8.57. The van der Waals surface area contributed by atoms with E-state index in [4.69, 9.17) is 14.2 Å². The lowest BCUT2D eigenvalue weighted by Crippen LogP contribution is -2.40. The average molecular weight is 603 g/mol. The molecule has 1 fully saturated rings. The van der Waals surface area contributed by atoms with Crippen LogP contribution in [-0.4, -0.2) is 61.8 Å². The largest absolute Gasteiger partial charge is 0.495 e. The van der Waals surface area contributed by atoms with Crippen molar-refractivity contribution < 1.29 is 28.6 Å². The number of aryl methyl sites for hydroxylation is 1. The lowest BCUT2D eigenvalue weighted by atomic mass is 10.0. The molecular weight excluding hydrogens is 560 g/mol. The van der Waals surface area contributed by atoms with Crippen LogP contribution in [0.4, 0.5) is 21.9 Å². The van der Waals surface area contributed by atoms with Gasteiger partial charge in [0, 0.05) is 30.5 Å². The number of carbonyl (C=O) groups is 3. The molecule has 0 aliphatic carbocycles. The Balaban J connectivity index is 1.37. The van der Waals surface area contributed by atoms with Gasteiger partial charge in [-0.3, -0.25) is 14.5 Å². The molecule has 3 amide bonds. The summed E-state index contributed by atoms with van der Waals surface area (Å²) in [7, 11) is 1.51. The van der Waals surface area contributed by atoms with Gasteiger partial charge in [0.1, 0.15) is 11.4 Å². The summed E-state index contributed by atoms with van der Waals surface area (Å²) < 4.78 is 16.6. The Labute approximate surface area is 259 Å². The van der Waals surface area contributed by atoms with Crippen LogP contribution >= 0.6 is 0 Å². The van der Waals surface area contributed by atoms with Crippen molar-refractivity contribution in [3.05, 3.63) is 83.4 Å². The Morgan fingerprint density at radius 3 is 2.25 bits per heavy atom. The molecule has 4 rings (SSSR count). The Bertz CT molecular complexity index is 1440. The van der Waals surface area contributed by atoms with Crippen molar-refractivity contribution in [1.29, 1.82) is 0 Å². The van der Waals surface area contributed by atoms with Gasteiger partial charge < -0.3 is 30.2 Å². The monoisotopic (exact) mass is 602 g/mol. The predicted octanol–water partition coefficient (Wildman–Crippen LogP) is 5.93. The van der Waals surface area contributed by atoms with Crippen molar-refractivity contribution in [2.24, 2.45) is 0 Å². The zero-order valence-electron chi connectivity index (χ0n) is 26.1. The molecule has 10 nitrogen and oxygen atoms in total. The van der Waals surface area contributed by atoms with Gasteiger partial charge in [-0.2, -0.15) is 0 Å². The number of para-hydroxylation sites is 1. The smallest absolute Gasteiger partial charge is 0.323 e. The molecule has 0 spiro atoms. The number of hydrogen-bond donors (Lipinski definition) is 3. The van der Waals surface area contributed by atoms with E-state index < -0.39 is 11.6 Å². The van der Waals surface area contributed by atoms with Crippen LogP contribution in [0.25, 0.3) is 0 Å². The number of methoxy groups -OCH3 is 1. The van der Waals surface area contributed by atoms with Crippen LogP contribution < -0.4 is 20.7 Å². The van der Waals surface area contributed by atoms with E-state index in [2.05, 4.69) is 20.9 Å². The van der Waals surface area contributed by atoms with Crippen LogP contribution in [0.5, 0.6) is 5.75 Å². The van der Waals surface area contributed by atoms with E-state index >= 15 is 0 Å². The number of ether oxygens (including phenoxy) is 3. The van der Waals surface area contributed by atoms with Gasteiger partial charge in [-0.25, -0.2) is 4.79 Å². The molecular formula is C34H42N4O6. The predicted molar refractivity (Wildman–Crippen MR) is 171 cm³/mol. The minimum absolute atomic E-state index is 0.114. The Kier molecular flexibility index (Phi) is 11.0. The molecule has 1 atom stereocenters. The number of morpholine rings is 1. The fourth-order valence-corrected chi connectivity index (χ4v) is 5.01. The molecule has 234 valence electrons.